The fraction of sp³-hybridized carbons (Fsp3) is 0.125. The SMILES string of the molecule is CCOc1ccccc1CNS(=O)(=O)c1ccccc1-c1cnc2ccccc2c1. The van der Waals surface area contributed by atoms with E-state index in [4.69, 9.17) is 4.74 Å². The lowest BCUT2D eigenvalue weighted by Crippen LogP contribution is -2.24. The zero-order chi connectivity index (χ0) is 21.0. The van der Waals surface area contributed by atoms with Gasteiger partial charge < -0.3 is 4.74 Å². The van der Waals surface area contributed by atoms with E-state index in [1.54, 1.807) is 24.4 Å². The first-order chi connectivity index (χ1) is 14.6. The van der Waals surface area contributed by atoms with Crippen LogP contribution in [0.25, 0.3) is 22.0 Å². The summed E-state index contributed by atoms with van der Waals surface area (Å²) in [5.74, 6) is 0.676. The second kappa shape index (κ2) is 8.65. The minimum atomic E-state index is -3.76. The summed E-state index contributed by atoms with van der Waals surface area (Å²) in [5, 5.41) is 0.959. The fourth-order valence-electron chi connectivity index (χ4n) is 3.35. The van der Waals surface area contributed by atoms with Crippen molar-refractivity contribution in [2.24, 2.45) is 0 Å². The van der Waals surface area contributed by atoms with Crippen molar-refractivity contribution in [3.8, 4) is 16.9 Å². The number of fused-ring (bicyclic) bond motifs is 1. The molecule has 4 rings (SSSR count). The highest BCUT2D eigenvalue weighted by Gasteiger charge is 2.20. The molecule has 0 spiro atoms. The number of sulfonamides is 1. The molecule has 0 fully saturated rings. The van der Waals surface area contributed by atoms with E-state index in [1.807, 2.05) is 67.6 Å². The zero-order valence-corrected chi connectivity index (χ0v) is 17.4. The predicted molar refractivity (Wildman–Crippen MR) is 119 cm³/mol. The van der Waals surface area contributed by atoms with Gasteiger partial charge in [-0.05, 0) is 31.2 Å². The Balaban J connectivity index is 1.67. The van der Waals surface area contributed by atoms with Crippen LogP contribution in [-0.4, -0.2) is 20.0 Å². The van der Waals surface area contributed by atoms with Crippen LogP contribution in [0.3, 0.4) is 0 Å². The molecule has 3 aromatic carbocycles. The van der Waals surface area contributed by atoms with Gasteiger partial charge in [-0.25, -0.2) is 13.1 Å². The molecule has 4 aromatic rings. The molecule has 0 saturated heterocycles. The number of aromatic nitrogens is 1. The van der Waals surface area contributed by atoms with Crippen LogP contribution in [0.15, 0.2) is 90.0 Å². The first-order valence-corrected chi connectivity index (χ1v) is 11.2. The van der Waals surface area contributed by atoms with Gasteiger partial charge in [0.25, 0.3) is 0 Å². The summed E-state index contributed by atoms with van der Waals surface area (Å²) in [7, 11) is -3.76. The molecular formula is C24H22N2O3S. The van der Waals surface area contributed by atoms with Crippen molar-refractivity contribution in [1.29, 1.82) is 0 Å². The summed E-state index contributed by atoms with van der Waals surface area (Å²) >= 11 is 0. The lowest BCUT2D eigenvalue weighted by Gasteiger charge is -2.14. The van der Waals surface area contributed by atoms with Gasteiger partial charge in [0.2, 0.25) is 10.0 Å². The Morgan fingerprint density at radius 2 is 1.67 bits per heavy atom. The van der Waals surface area contributed by atoms with Gasteiger partial charge in [0.15, 0.2) is 0 Å². The number of hydrogen-bond donors (Lipinski definition) is 1. The molecule has 0 bridgehead atoms. The maximum Gasteiger partial charge on any atom is 0.241 e. The van der Waals surface area contributed by atoms with Crippen LogP contribution < -0.4 is 9.46 Å². The molecule has 152 valence electrons. The maximum atomic E-state index is 13.2. The van der Waals surface area contributed by atoms with E-state index in [1.165, 1.54) is 0 Å². The minimum Gasteiger partial charge on any atom is -0.494 e. The molecule has 1 heterocycles. The van der Waals surface area contributed by atoms with Crippen LogP contribution in [0, 0.1) is 0 Å². The van der Waals surface area contributed by atoms with Crippen molar-refractivity contribution in [1.82, 2.24) is 9.71 Å². The van der Waals surface area contributed by atoms with E-state index in [0.29, 0.717) is 17.9 Å². The third-order valence-electron chi connectivity index (χ3n) is 4.80. The molecule has 0 unspecified atom stereocenters. The molecule has 0 atom stereocenters. The fourth-order valence-corrected chi connectivity index (χ4v) is 4.59. The van der Waals surface area contributed by atoms with Gasteiger partial charge in [0.05, 0.1) is 17.0 Å². The van der Waals surface area contributed by atoms with Crippen LogP contribution >= 0.6 is 0 Å². The number of pyridine rings is 1. The number of benzene rings is 3. The highest BCUT2D eigenvalue weighted by atomic mass is 32.2. The largest absolute Gasteiger partial charge is 0.494 e. The highest BCUT2D eigenvalue weighted by molar-refractivity contribution is 7.89. The number of para-hydroxylation sites is 2. The van der Waals surface area contributed by atoms with Crippen LogP contribution in [0.4, 0.5) is 0 Å². The van der Waals surface area contributed by atoms with Gasteiger partial charge in [-0.1, -0.05) is 54.6 Å². The summed E-state index contributed by atoms with van der Waals surface area (Å²) in [4.78, 5) is 4.69. The van der Waals surface area contributed by atoms with Crippen LogP contribution in [-0.2, 0) is 16.6 Å². The monoisotopic (exact) mass is 418 g/mol. The molecule has 30 heavy (non-hydrogen) atoms. The van der Waals surface area contributed by atoms with Crippen molar-refractivity contribution in [3.63, 3.8) is 0 Å². The average molecular weight is 419 g/mol. The quantitative estimate of drug-likeness (QED) is 0.469. The topological polar surface area (TPSA) is 68.3 Å². The first kappa shape index (κ1) is 20.1. The Kier molecular flexibility index (Phi) is 5.79. The molecular weight excluding hydrogens is 396 g/mol. The molecule has 5 nitrogen and oxygen atoms in total. The van der Waals surface area contributed by atoms with Gasteiger partial charge in [-0.3, -0.25) is 4.98 Å². The van der Waals surface area contributed by atoms with Crippen LogP contribution in [0.5, 0.6) is 5.75 Å². The number of hydrogen-bond acceptors (Lipinski definition) is 4. The average Bonchev–Trinajstić information content (AvgIpc) is 2.78. The Bertz CT molecular complexity index is 1290. The molecule has 0 amide bonds. The van der Waals surface area contributed by atoms with E-state index in [-0.39, 0.29) is 11.4 Å². The molecule has 0 radical (unpaired) electrons. The molecule has 0 aliphatic heterocycles. The molecule has 6 heteroatoms. The van der Waals surface area contributed by atoms with E-state index >= 15 is 0 Å². The highest BCUT2D eigenvalue weighted by Crippen LogP contribution is 2.29. The normalized spacial score (nSPS) is 11.5. The van der Waals surface area contributed by atoms with E-state index in [9.17, 15) is 8.42 Å². The van der Waals surface area contributed by atoms with E-state index < -0.39 is 10.0 Å². The molecule has 1 aromatic heterocycles. The third-order valence-corrected chi connectivity index (χ3v) is 6.26. The maximum absolute atomic E-state index is 13.2. The van der Waals surface area contributed by atoms with Crippen molar-refractivity contribution >= 4 is 20.9 Å². The summed E-state index contributed by atoms with van der Waals surface area (Å²) < 4.78 is 34.6. The van der Waals surface area contributed by atoms with Gasteiger partial charge in [0, 0.05) is 34.8 Å². The Morgan fingerprint density at radius 3 is 2.53 bits per heavy atom. The van der Waals surface area contributed by atoms with Gasteiger partial charge >= 0.3 is 0 Å². The second-order valence-electron chi connectivity index (χ2n) is 6.78. The second-order valence-corrected chi connectivity index (χ2v) is 8.51. The standard InChI is InChI=1S/C24H22N2O3S/c1-2-29-23-13-7-4-10-19(23)17-26-30(27,28)24-14-8-5-11-21(24)20-15-18-9-3-6-12-22(18)25-16-20/h3-16,26H,2,17H2,1H3. The van der Waals surface area contributed by atoms with Crippen LogP contribution in [0.2, 0.25) is 0 Å². The third kappa shape index (κ3) is 4.20. The molecule has 0 aliphatic rings. The van der Waals surface area contributed by atoms with E-state index in [0.717, 1.165) is 22.0 Å². The lowest BCUT2D eigenvalue weighted by molar-refractivity contribution is 0.336. The number of nitrogens with zero attached hydrogens (tertiary/aromatic N) is 1. The minimum absolute atomic E-state index is 0.142. The van der Waals surface area contributed by atoms with Crippen LogP contribution in [0.1, 0.15) is 12.5 Å². The van der Waals surface area contributed by atoms with Gasteiger partial charge in [0.1, 0.15) is 5.75 Å². The first-order valence-electron chi connectivity index (χ1n) is 9.73. The Hall–Kier alpha value is -3.22. The predicted octanol–water partition coefficient (Wildman–Crippen LogP) is 4.78. The number of rotatable bonds is 7. The molecule has 1 N–H and O–H groups in total. The Morgan fingerprint density at radius 1 is 0.933 bits per heavy atom. The lowest BCUT2D eigenvalue weighted by atomic mass is 10.1. The Labute approximate surface area is 176 Å². The molecule has 0 saturated carbocycles. The number of nitrogens with one attached hydrogen (secondary N) is 1. The summed E-state index contributed by atoms with van der Waals surface area (Å²) in [5.41, 5.74) is 3.02. The van der Waals surface area contributed by atoms with Crippen molar-refractivity contribution in [3.05, 3.63) is 90.6 Å². The van der Waals surface area contributed by atoms with Crippen molar-refractivity contribution in [2.75, 3.05) is 6.61 Å². The summed E-state index contributed by atoms with van der Waals surface area (Å²) in [6.07, 6.45) is 1.71. The number of ether oxygens (including phenoxy) is 1. The van der Waals surface area contributed by atoms with Crippen molar-refractivity contribution in [2.45, 2.75) is 18.4 Å². The smallest absolute Gasteiger partial charge is 0.241 e. The molecule has 0 aliphatic carbocycles. The van der Waals surface area contributed by atoms with Gasteiger partial charge in [-0.2, -0.15) is 0 Å². The summed E-state index contributed by atoms with van der Waals surface area (Å²) in [6.45, 7) is 2.55. The summed E-state index contributed by atoms with van der Waals surface area (Å²) in [6, 6.07) is 24.1. The van der Waals surface area contributed by atoms with Gasteiger partial charge in [-0.15, -0.1) is 0 Å². The van der Waals surface area contributed by atoms with E-state index in [2.05, 4.69) is 9.71 Å². The van der Waals surface area contributed by atoms with Crippen molar-refractivity contribution < 1.29 is 13.2 Å². The zero-order valence-electron chi connectivity index (χ0n) is 16.6.